The average Bonchev–Trinajstić information content (AvgIpc) is 3.03. The maximum absolute atomic E-state index is 12.5. The van der Waals surface area contributed by atoms with E-state index >= 15 is 0 Å². The van der Waals surface area contributed by atoms with Crippen molar-refractivity contribution in [1.29, 1.82) is 0 Å². The molecule has 1 heterocycles. The molecule has 0 aliphatic rings. The first-order chi connectivity index (χ1) is 12.7. The van der Waals surface area contributed by atoms with E-state index in [2.05, 4.69) is 14.1 Å². The Balaban J connectivity index is 1.81. The van der Waals surface area contributed by atoms with E-state index in [0.29, 0.717) is 10.6 Å². The van der Waals surface area contributed by atoms with Crippen molar-refractivity contribution in [2.24, 2.45) is 0 Å². The minimum atomic E-state index is -3.93. The minimum absolute atomic E-state index is 0.0173. The summed E-state index contributed by atoms with van der Waals surface area (Å²) in [5.74, 6) is -0.407. The van der Waals surface area contributed by atoms with E-state index in [-0.39, 0.29) is 20.7 Å². The number of aromatic nitrogens is 2. The molecule has 0 bridgehead atoms. The van der Waals surface area contributed by atoms with Gasteiger partial charge >= 0.3 is 0 Å². The monoisotopic (exact) mass is 443 g/mol. The molecule has 0 fully saturated rings. The number of halogens is 1. The molecule has 2 aromatic carbocycles. The molecule has 1 aromatic heterocycles. The lowest BCUT2D eigenvalue weighted by Gasteiger charge is -2.08. The first kappa shape index (κ1) is 19.7. The molecule has 0 amide bonds. The largest absolute Gasteiger partial charge is 0.264 e. The van der Waals surface area contributed by atoms with E-state index in [1.54, 1.807) is 31.2 Å². The van der Waals surface area contributed by atoms with Gasteiger partial charge in [0.05, 0.1) is 9.79 Å². The highest BCUT2D eigenvalue weighted by molar-refractivity contribution is 7.93. The Morgan fingerprint density at radius 2 is 1.74 bits per heavy atom. The fraction of sp³-hybridized carbons (Fsp3) is 0.125. The molecule has 0 radical (unpaired) electrons. The highest BCUT2D eigenvalue weighted by Crippen LogP contribution is 2.25. The molecule has 0 spiro atoms. The van der Waals surface area contributed by atoms with Crippen molar-refractivity contribution in [3.8, 4) is 0 Å². The van der Waals surface area contributed by atoms with Gasteiger partial charge in [0.15, 0.2) is 15.7 Å². The summed E-state index contributed by atoms with van der Waals surface area (Å²) in [6.45, 7) is 1.59. The van der Waals surface area contributed by atoms with Crippen LogP contribution < -0.4 is 4.72 Å². The van der Waals surface area contributed by atoms with E-state index < -0.39 is 25.6 Å². The number of hydrogen-bond acceptors (Lipinski definition) is 7. The predicted octanol–water partition coefficient (Wildman–Crippen LogP) is 3.27. The zero-order valence-corrected chi connectivity index (χ0v) is 17.2. The third kappa shape index (κ3) is 4.46. The molecule has 0 aliphatic carbocycles. The summed E-state index contributed by atoms with van der Waals surface area (Å²) in [7, 11) is -7.55. The standard InChI is InChI=1S/C16H14ClN3O4S3/c1-11-13(17)8-5-9-14(11)27(23,24)20-16-18-15(19-25-16)10-26(21,22)12-6-3-2-4-7-12/h2-9H,10H2,1H3,(H,18,19,20). The van der Waals surface area contributed by atoms with Crippen LogP contribution in [0.3, 0.4) is 0 Å². The quantitative estimate of drug-likeness (QED) is 0.626. The fourth-order valence-electron chi connectivity index (χ4n) is 2.28. The second-order valence-electron chi connectivity index (χ2n) is 5.56. The van der Waals surface area contributed by atoms with Crippen molar-refractivity contribution in [2.45, 2.75) is 22.5 Å². The summed E-state index contributed by atoms with van der Waals surface area (Å²) in [6.07, 6.45) is 0. The Morgan fingerprint density at radius 3 is 2.44 bits per heavy atom. The second-order valence-corrected chi connectivity index (χ2v) is 10.4. The Morgan fingerprint density at radius 1 is 1.04 bits per heavy atom. The normalized spacial score (nSPS) is 12.1. The van der Waals surface area contributed by atoms with Crippen LogP contribution in [0.4, 0.5) is 5.13 Å². The molecule has 0 saturated carbocycles. The molecular weight excluding hydrogens is 430 g/mol. The van der Waals surface area contributed by atoms with E-state index in [1.807, 2.05) is 0 Å². The third-order valence-electron chi connectivity index (χ3n) is 3.62. The average molecular weight is 444 g/mol. The van der Waals surface area contributed by atoms with Crippen LogP contribution in [0.1, 0.15) is 11.4 Å². The van der Waals surface area contributed by atoms with Crippen molar-refractivity contribution in [3.05, 3.63) is 64.9 Å². The molecule has 1 N–H and O–H groups in total. The summed E-state index contributed by atoms with van der Waals surface area (Å²) >= 11 is 6.74. The number of hydrogen-bond donors (Lipinski definition) is 1. The summed E-state index contributed by atoms with van der Waals surface area (Å²) in [6, 6.07) is 12.5. The van der Waals surface area contributed by atoms with Crippen molar-refractivity contribution in [2.75, 3.05) is 4.72 Å². The topological polar surface area (TPSA) is 106 Å². The van der Waals surface area contributed by atoms with Gasteiger partial charge in [-0.05, 0) is 36.8 Å². The number of nitrogens with zero attached hydrogens (tertiary/aromatic N) is 2. The summed E-state index contributed by atoms with van der Waals surface area (Å²) in [5.41, 5.74) is 0.406. The Bertz CT molecular complexity index is 1180. The number of sulfone groups is 1. The van der Waals surface area contributed by atoms with Crippen LogP contribution in [0.15, 0.2) is 58.3 Å². The first-order valence-corrected chi connectivity index (χ1v) is 11.9. The van der Waals surface area contributed by atoms with E-state index in [0.717, 1.165) is 11.5 Å². The minimum Gasteiger partial charge on any atom is -0.253 e. The van der Waals surface area contributed by atoms with Crippen LogP contribution in [-0.4, -0.2) is 26.2 Å². The van der Waals surface area contributed by atoms with Gasteiger partial charge in [0.2, 0.25) is 5.13 Å². The fourth-order valence-corrected chi connectivity index (χ4v) is 5.88. The molecule has 3 rings (SSSR count). The van der Waals surface area contributed by atoms with E-state index in [4.69, 9.17) is 11.6 Å². The Kier molecular flexibility index (Phi) is 5.52. The van der Waals surface area contributed by atoms with Crippen LogP contribution in [0.5, 0.6) is 0 Å². The molecule has 142 valence electrons. The van der Waals surface area contributed by atoms with E-state index in [1.165, 1.54) is 24.3 Å². The van der Waals surface area contributed by atoms with Crippen LogP contribution >= 0.6 is 23.1 Å². The lowest BCUT2D eigenvalue weighted by molar-refractivity contribution is 0.594. The van der Waals surface area contributed by atoms with Crippen LogP contribution in [0.25, 0.3) is 0 Å². The zero-order valence-electron chi connectivity index (χ0n) is 14.0. The van der Waals surface area contributed by atoms with Gasteiger partial charge in [0.25, 0.3) is 10.0 Å². The molecule has 0 aliphatic heterocycles. The first-order valence-electron chi connectivity index (χ1n) is 7.57. The molecule has 0 unspecified atom stereocenters. The zero-order chi connectivity index (χ0) is 19.7. The number of sulfonamides is 1. The molecule has 11 heteroatoms. The third-order valence-corrected chi connectivity index (χ3v) is 7.94. The van der Waals surface area contributed by atoms with Gasteiger partial charge in [0.1, 0.15) is 5.75 Å². The van der Waals surface area contributed by atoms with Gasteiger partial charge in [-0.3, -0.25) is 4.72 Å². The maximum atomic E-state index is 12.5. The van der Waals surface area contributed by atoms with Crippen LogP contribution in [-0.2, 0) is 25.6 Å². The van der Waals surface area contributed by atoms with Crippen LogP contribution in [0.2, 0.25) is 5.02 Å². The Labute approximate surface area is 166 Å². The maximum Gasteiger partial charge on any atom is 0.264 e. The summed E-state index contributed by atoms with van der Waals surface area (Å²) in [5, 5.41) is 0.303. The molecule has 7 nitrogen and oxygen atoms in total. The SMILES string of the molecule is Cc1c(Cl)cccc1S(=O)(=O)Nc1nc(CS(=O)(=O)c2ccccc2)ns1. The number of nitrogens with one attached hydrogen (secondary N) is 1. The van der Waals surface area contributed by atoms with Crippen LogP contribution in [0, 0.1) is 6.92 Å². The number of anilines is 1. The predicted molar refractivity (Wildman–Crippen MR) is 104 cm³/mol. The van der Waals surface area contributed by atoms with Gasteiger partial charge in [0, 0.05) is 16.6 Å². The highest BCUT2D eigenvalue weighted by atomic mass is 35.5. The van der Waals surface area contributed by atoms with Gasteiger partial charge in [-0.25, -0.2) is 21.8 Å². The molecule has 27 heavy (non-hydrogen) atoms. The molecular formula is C16H14ClN3O4S3. The van der Waals surface area contributed by atoms with Gasteiger partial charge < -0.3 is 0 Å². The van der Waals surface area contributed by atoms with Crippen molar-refractivity contribution in [1.82, 2.24) is 9.36 Å². The Hall–Kier alpha value is -2.01. The molecule has 0 atom stereocenters. The van der Waals surface area contributed by atoms with Crippen molar-refractivity contribution < 1.29 is 16.8 Å². The summed E-state index contributed by atoms with van der Waals surface area (Å²) < 4.78 is 56.1. The summed E-state index contributed by atoms with van der Waals surface area (Å²) in [4.78, 5) is 4.16. The lowest BCUT2D eigenvalue weighted by Crippen LogP contribution is -2.14. The van der Waals surface area contributed by atoms with Crippen molar-refractivity contribution in [3.63, 3.8) is 0 Å². The van der Waals surface area contributed by atoms with Gasteiger partial charge in [-0.2, -0.15) is 4.37 Å². The number of benzene rings is 2. The lowest BCUT2D eigenvalue weighted by atomic mass is 10.2. The van der Waals surface area contributed by atoms with Gasteiger partial charge in [-0.15, -0.1) is 0 Å². The van der Waals surface area contributed by atoms with Gasteiger partial charge in [-0.1, -0.05) is 35.9 Å². The molecule has 3 aromatic rings. The smallest absolute Gasteiger partial charge is 0.253 e. The highest BCUT2D eigenvalue weighted by Gasteiger charge is 2.22. The van der Waals surface area contributed by atoms with E-state index in [9.17, 15) is 16.8 Å². The molecule has 0 saturated heterocycles. The van der Waals surface area contributed by atoms with Crippen molar-refractivity contribution >= 4 is 48.1 Å². The second kappa shape index (κ2) is 7.55. The number of rotatable bonds is 6.